The fourth-order valence-electron chi connectivity index (χ4n) is 9.98. The maximum atomic E-state index is 13.9. The number of nitroso groups, excluding NO2 is 1. The van der Waals surface area contributed by atoms with Crippen LogP contribution in [-0.2, 0) is 14.3 Å². The van der Waals surface area contributed by atoms with Crippen LogP contribution in [-0.4, -0.2) is 34.6 Å². The molecule has 1 aliphatic heterocycles. The Bertz CT molecular complexity index is 1370. The molecule has 0 amide bonds. The van der Waals surface area contributed by atoms with Gasteiger partial charge in [0.1, 0.15) is 5.78 Å². The van der Waals surface area contributed by atoms with Crippen LogP contribution in [0.2, 0.25) is 0 Å². The van der Waals surface area contributed by atoms with Crippen LogP contribution in [0.25, 0.3) is 10.4 Å². The standard InChI is InChI=1S/C31H40N5O5/c1-18(37)23-9-10-24-21-8-6-19-15-28(39)31(17-30(19,3)25(21)12-13-29(23,24)2)34-36(40)26-11-7-20(33-35-32)16-22(26)27(38)5-4-14-41-31/h7,11,16,19,21,23-25H,4-6,8-10,12-15,17H2,1-3H3,(H,34,40)/q+1/t19-,21-,23+,24-,25-,29+,30-,31?/m0/s1. The van der Waals surface area contributed by atoms with Crippen molar-refractivity contribution >= 4 is 28.7 Å². The van der Waals surface area contributed by atoms with Gasteiger partial charge < -0.3 is 4.74 Å². The van der Waals surface area contributed by atoms with E-state index in [1.165, 1.54) is 18.2 Å². The van der Waals surface area contributed by atoms with Crippen molar-refractivity contribution in [2.75, 3.05) is 6.61 Å². The van der Waals surface area contributed by atoms with E-state index in [1.807, 2.05) is 0 Å². The Balaban J connectivity index is 1.34. The van der Waals surface area contributed by atoms with Gasteiger partial charge in [0, 0.05) is 41.8 Å². The number of carbonyl (C=O) groups excluding carboxylic acids is 3. The summed E-state index contributed by atoms with van der Waals surface area (Å²) in [6, 6.07) is 4.37. The Labute approximate surface area is 240 Å². The second-order valence-electron chi connectivity index (χ2n) is 13.7. The van der Waals surface area contributed by atoms with Gasteiger partial charge in [-0.2, -0.15) is 0 Å². The van der Waals surface area contributed by atoms with Crippen LogP contribution >= 0.6 is 0 Å². The Kier molecular flexibility index (Phi) is 6.85. The summed E-state index contributed by atoms with van der Waals surface area (Å²) < 4.78 is 6.34. The number of Topliss-reactive ketones (excluding diaryl/α,β-unsaturated/α-hetero) is 3. The van der Waals surface area contributed by atoms with E-state index in [9.17, 15) is 19.3 Å². The van der Waals surface area contributed by atoms with E-state index in [4.69, 9.17) is 10.3 Å². The zero-order chi connectivity index (χ0) is 29.2. The average molecular weight is 563 g/mol. The number of carbonyl (C=O) groups is 3. The maximum Gasteiger partial charge on any atom is 0.302 e. The largest absolute Gasteiger partial charge is 0.345 e. The predicted octanol–water partition coefficient (Wildman–Crippen LogP) is 6.66. The van der Waals surface area contributed by atoms with E-state index >= 15 is 0 Å². The molecule has 0 aromatic heterocycles. The molecule has 218 valence electrons. The Hall–Kier alpha value is -3.10. The zero-order valence-corrected chi connectivity index (χ0v) is 24.2. The maximum absolute atomic E-state index is 13.9. The van der Waals surface area contributed by atoms with Gasteiger partial charge in [0.15, 0.2) is 16.4 Å². The van der Waals surface area contributed by atoms with Crippen molar-refractivity contribution in [3.05, 3.63) is 39.1 Å². The lowest BCUT2D eigenvalue weighted by Gasteiger charge is -2.61. The first-order valence-electron chi connectivity index (χ1n) is 15.2. The van der Waals surface area contributed by atoms with E-state index in [2.05, 4.69) is 29.3 Å². The second-order valence-corrected chi connectivity index (χ2v) is 13.7. The molecule has 1 aromatic carbocycles. The van der Waals surface area contributed by atoms with Crippen molar-refractivity contribution in [2.45, 2.75) is 90.7 Å². The molecule has 10 nitrogen and oxygen atoms in total. The van der Waals surface area contributed by atoms with E-state index < -0.39 is 5.72 Å². The summed E-state index contributed by atoms with van der Waals surface area (Å²) in [6.07, 6.45) is 7.42. The van der Waals surface area contributed by atoms with E-state index in [-0.39, 0.29) is 64.2 Å². The topological polar surface area (TPSA) is 141 Å². The molecule has 4 saturated carbocycles. The predicted molar refractivity (Wildman–Crippen MR) is 150 cm³/mol. The third-order valence-electron chi connectivity index (χ3n) is 11.9. The van der Waals surface area contributed by atoms with Crippen molar-refractivity contribution in [1.82, 2.24) is 5.43 Å². The summed E-state index contributed by atoms with van der Waals surface area (Å²) in [5.74, 6) is 1.68. The smallest absolute Gasteiger partial charge is 0.302 e. The van der Waals surface area contributed by atoms with E-state index in [1.54, 1.807) is 6.92 Å². The number of fused-ring (bicyclic) bond motifs is 6. The SMILES string of the molecule is CC(=O)[C@H]1CC[C@H]2[C@@H]3CC[C@H]4CC(=O)C5(C[C@]4(C)[C@H]3CC[C@]12C)N[N+](=O)c1ccc(N=[N+]=[N-])cc1C(=O)CCCO5. The average Bonchev–Trinajstić information content (AvgIpc) is 3.29. The normalized spacial score (nSPS) is 40.4. The van der Waals surface area contributed by atoms with Gasteiger partial charge in [-0.05, 0) is 104 Å². The molecule has 5 aliphatic rings. The summed E-state index contributed by atoms with van der Waals surface area (Å²) in [5.41, 5.74) is 10.6. The highest BCUT2D eigenvalue weighted by Crippen LogP contribution is 2.68. The molecule has 1 unspecified atom stereocenters. The molecule has 4 fully saturated rings. The van der Waals surface area contributed by atoms with E-state index in [0.717, 1.165) is 38.5 Å². The minimum Gasteiger partial charge on any atom is -0.345 e. The summed E-state index contributed by atoms with van der Waals surface area (Å²) in [5, 5.41) is 3.59. The minimum absolute atomic E-state index is 0.0417. The summed E-state index contributed by atoms with van der Waals surface area (Å²) in [4.78, 5) is 56.4. The molecule has 41 heavy (non-hydrogen) atoms. The number of ether oxygens (including phenoxy) is 1. The lowest BCUT2D eigenvalue weighted by molar-refractivity contribution is -0.557. The number of hydrogen-bond donors (Lipinski definition) is 1. The van der Waals surface area contributed by atoms with Crippen molar-refractivity contribution < 1.29 is 24.0 Å². The molecule has 6 rings (SSSR count). The fourth-order valence-corrected chi connectivity index (χ4v) is 9.98. The van der Waals surface area contributed by atoms with Gasteiger partial charge in [-0.25, -0.2) is 0 Å². The second kappa shape index (κ2) is 10.0. The number of nitrogens with zero attached hydrogens (tertiary/aromatic N) is 4. The molecule has 1 spiro atoms. The number of benzene rings is 1. The van der Waals surface area contributed by atoms with Gasteiger partial charge in [-0.1, -0.05) is 19.0 Å². The van der Waals surface area contributed by atoms with Crippen LogP contribution in [0.1, 0.15) is 95.3 Å². The molecule has 0 radical (unpaired) electrons. The van der Waals surface area contributed by atoms with Gasteiger partial charge >= 0.3 is 5.69 Å². The molecule has 8 atom stereocenters. The highest BCUT2D eigenvalue weighted by atomic mass is 16.5. The van der Waals surface area contributed by atoms with Gasteiger partial charge in [0.25, 0.3) is 5.72 Å². The first-order chi connectivity index (χ1) is 19.5. The number of nitrogens with one attached hydrogen (secondary N) is 1. The number of ketones is 3. The third-order valence-corrected chi connectivity index (χ3v) is 11.9. The Morgan fingerprint density at radius 1 is 1.12 bits per heavy atom. The Morgan fingerprint density at radius 2 is 1.90 bits per heavy atom. The zero-order valence-electron chi connectivity index (χ0n) is 24.2. The number of rotatable bonds is 2. The molecule has 1 aromatic rings. The highest BCUT2D eigenvalue weighted by Gasteiger charge is 2.65. The molecular weight excluding hydrogens is 522 g/mol. The molecule has 10 heteroatoms. The first-order valence-corrected chi connectivity index (χ1v) is 15.2. The first kappa shape index (κ1) is 28.0. The van der Waals surface area contributed by atoms with Crippen molar-refractivity contribution in [3.8, 4) is 0 Å². The lowest BCUT2D eigenvalue weighted by Crippen LogP contribution is -2.66. The molecule has 0 bridgehead atoms. The summed E-state index contributed by atoms with van der Waals surface area (Å²) >= 11 is 0. The van der Waals surface area contributed by atoms with Crippen LogP contribution in [0.3, 0.4) is 0 Å². The Morgan fingerprint density at radius 3 is 2.66 bits per heavy atom. The molecule has 1 N–H and O–H groups in total. The molecular formula is C31H40N5O5+. The van der Waals surface area contributed by atoms with Crippen molar-refractivity contribution in [2.24, 2.45) is 45.5 Å². The van der Waals surface area contributed by atoms with Gasteiger partial charge in [-0.3, -0.25) is 14.4 Å². The summed E-state index contributed by atoms with van der Waals surface area (Å²) in [7, 11) is 0. The van der Waals surface area contributed by atoms with Crippen LogP contribution in [0.15, 0.2) is 23.3 Å². The minimum atomic E-state index is -1.49. The van der Waals surface area contributed by atoms with Crippen LogP contribution in [0.4, 0.5) is 11.4 Å². The number of hydrogen-bond acceptors (Lipinski definition) is 6. The van der Waals surface area contributed by atoms with Gasteiger partial charge in [0.05, 0.1) is 17.1 Å². The monoisotopic (exact) mass is 562 g/mol. The van der Waals surface area contributed by atoms with Crippen LogP contribution < -0.4 is 5.43 Å². The fraction of sp³-hybridized carbons (Fsp3) is 0.710. The van der Waals surface area contributed by atoms with E-state index in [0.29, 0.717) is 47.7 Å². The van der Waals surface area contributed by atoms with Crippen LogP contribution in [0.5, 0.6) is 0 Å². The highest BCUT2D eigenvalue weighted by molar-refractivity contribution is 6.00. The number of azide groups is 1. The molecule has 1 heterocycles. The van der Waals surface area contributed by atoms with Gasteiger partial charge in [-0.15, -0.1) is 5.43 Å². The number of hydrazine groups is 1. The van der Waals surface area contributed by atoms with Crippen LogP contribution in [0, 0.1) is 45.3 Å². The lowest BCUT2D eigenvalue weighted by atomic mass is 9.44. The third kappa shape index (κ3) is 4.33. The molecule has 0 saturated heterocycles. The molecule has 4 aliphatic carbocycles. The van der Waals surface area contributed by atoms with Gasteiger partial charge in [0.2, 0.25) is 0 Å². The summed E-state index contributed by atoms with van der Waals surface area (Å²) in [6.45, 7) is 6.55. The van der Waals surface area contributed by atoms with Crippen molar-refractivity contribution in [3.63, 3.8) is 0 Å². The van der Waals surface area contributed by atoms with Crippen molar-refractivity contribution in [1.29, 1.82) is 0 Å². The quantitative estimate of drug-likeness (QED) is 0.185.